The maximum atomic E-state index is 12.2. The van der Waals surface area contributed by atoms with Crippen LogP contribution in [-0.4, -0.2) is 47.1 Å². The molecule has 9 heteroatoms. The second kappa shape index (κ2) is 10.00. The van der Waals surface area contributed by atoms with E-state index in [1.807, 2.05) is 0 Å². The first-order chi connectivity index (χ1) is 11.8. The predicted molar refractivity (Wildman–Crippen MR) is 91.7 cm³/mol. The molecule has 0 fully saturated rings. The molecule has 0 bridgehead atoms. The predicted octanol–water partition coefficient (Wildman–Crippen LogP) is 0.822. The van der Waals surface area contributed by atoms with Crippen molar-refractivity contribution in [3.8, 4) is 5.75 Å². The minimum absolute atomic E-state index is 0.0472. The van der Waals surface area contributed by atoms with Gasteiger partial charge in [-0.2, -0.15) is 4.72 Å². The Balaban J connectivity index is 2.46. The quantitative estimate of drug-likeness (QED) is 0.465. The molecule has 0 saturated heterocycles. The molecule has 0 aliphatic rings. The van der Waals surface area contributed by atoms with Gasteiger partial charge >= 0.3 is 5.97 Å². The van der Waals surface area contributed by atoms with Gasteiger partial charge in [0.1, 0.15) is 5.75 Å². The molecule has 1 aromatic carbocycles. The fraction of sp³-hybridized carbons (Fsp3) is 0.500. The Bertz CT molecular complexity index is 672. The third-order valence-corrected chi connectivity index (χ3v) is 4.99. The standard InChI is InChI=1S/C16H24N2O6S/c1-12(16(20)17-11-5-4-6-15(19)24-3)18-25(21,22)14-9-7-13(23-2)8-10-14/h7-10,12,18H,4-6,11H2,1-3H3,(H,17,20)/t12-/m0/s1. The van der Waals surface area contributed by atoms with E-state index in [-0.39, 0.29) is 17.3 Å². The summed E-state index contributed by atoms with van der Waals surface area (Å²) < 4.78 is 36.3. The topological polar surface area (TPSA) is 111 Å². The van der Waals surface area contributed by atoms with Crippen LogP contribution in [0.1, 0.15) is 26.2 Å². The van der Waals surface area contributed by atoms with Crippen molar-refractivity contribution in [1.82, 2.24) is 10.0 Å². The summed E-state index contributed by atoms with van der Waals surface area (Å²) in [4.78, 5) is 23.0. The molecule has 0 radical (unpaired) electrons. The van der Waals surface area contributed by atoms with Gasteiger partial charge in [0, 0.05) is 13.0 Å². The number of carbonyl (C=O) groups is 2. The van der Waals surface area contributed by atoms with Gasteiger partial charge in [-0.3, -0.25) is 9.59 Å². The van der Waals surface area contributed by atoms with E-state index in [1.54, 1.807) is 0 Å². The molecule has 0 heterocycles. The van der Waals surface area contributed by atoms with Gasteiger partial charge in [-0.25, -0.2) is 8.42 Å². The van der Waals surface area contributed by atoms with Crippen molar-refractivity contribution in [3.05, 3.63) is 24.3 Å². The van der Waals surface area contributed by atoms with Gasteiger partial charge in [0.2, 0.25) is 15.9 Å². The van der Waals surface area contributed by atoms with Crippen molar-refractivity contribution >= 4 is 21.9 Å². The van der Waals surface area contributed by atoms with Crippen LogP contribution in [0.3, 0.4) is 0 Å². The summed E-state index contributed by atoms with van der Waals surface area (Å²) in [7, 11) is -1.00. The van der Waals surface area contributed by atoms with E-state index in [2.05, 4.69) is 14.8 Å². The molecular weight excluding hydrogens is 348 g/mol. The van der Waals surface area contributed by atoms with Gasteiger partial charge in [-0.1, -0.05) is 0 Å². The van der Waals surface area contributed by atoms with E-state index < -0.39 is 22.0 Å². The van der Waals surface area contributed by atoms with Crippen LogP contribution in [0, 0.1) is 0 Å². The number of amides is 1. The molecule has 140 valence electrons. The van der Waals surface area contributed by atoms with Crippen LogP contribution in [0.2, 0.25) is 0 Å². The number of carbonyl (C=O) groups excluding carboxylic acids is 2. The molecule has 1 atom stereocenters. The maximum absolute atomic E-state index is 12.2. The maximum Gasteiger partial charge on any atom is 0.305 e. The van der Waals surface area contributed by atoms with Crippen molar-refractivity contribution in [2.45, 2.75) is 37.1 Å². The van der Waals surface area contributed by atoms with Crippen LogP contribution in [0.25, 0.3) is 0 Å². The van der Waals surface area contributed by atoms with E-state index >= 15 is 0 Å². The summed E-state index contributed by atoms with van der Waals surface area (Å²) in [5.74, 6) is -0.196. The van der Waals surface area contributed by atoms with Crippen LogP contribution in [0.5, 0.6) is 5.75 Å². The normalized spacial score (nSPS) is 12.3. The highest BCUT2D eigenvalue weighted by Crippen LogP contribution is 2.15. The second-order valence-electron chi connectivity index (χ2n) is 5.34. The molecule has 2 N–H and O–H groups in total. The van der Waals surface area contributed by atoms with Gasteiger partial charge < -0.3 is 14.8 Å². The van der Waals surface area contributed by atoms with Gasteiger partial charge in [0.05, 0.1) is 25.2 Å². The van der Waals surface area contributed by atoms with Gasteiger partial charge in [-0.05, 0) is 44.0 Å². The Morgan fingerprint density at radius 3 is 2.32 bits per heavy atom. The largest absolute Gasteiger partial charge is 0.497 e. The Morgan fingerprint density at radius 2 is 1.76 bits per heavy atom. The number of benzene rings is 1. The van der Waals surface area contributed by atoms with E-state index in [9.17, 15) is 18.0 Å². The molecule has 1 rings (SSSR count). The molecular formula is C16H24N2O6S. The molecule has 0 unspecified atom stereocenters. The number of hydrogen-bond donors (Lipinski definition) is 2. The molecule has 0 aliphatic carbocycles. The van der Waals surface area contributed by atoms with Crippen LogP contribution < -0.4 is 14.8 Å². The Morgan fingerprint density at radius 1 is 1.12 bits per heavy atom. The lowest BCUT2D eigenvalue weighted by Gasteiger charge is -2.14. The SMILES string of the molecule is COC(=O)CCCCNC(=O)[C@H](C)NS(=O)(=O)c1ccc(OC)cc1. The smallest absolute Gasteiger partial charge is 0.305 e. The van der Waals surface area contributed by atoms with E-state index in [0.717, 1.165) is 0 Å². The highest BCUT2D eigenvalue weighted by atomic mass is 32.2. The summed E-state index contributed by atoms with van der Waals surface area (Å²) in [6.45, 7) is 1.81. The highest BCUT2D eigenvalue weighted by Gasteiger charge is 2.21. The van der Waals surface area contributed by atoms with Gasteiger partial charge in [0.15, 0.2) is 0 Å². The zero-order chi connectivity index (χ0) is 18.9. The zero-order valence-electron chi connectivity index (χ0n) is 14.6. The van der Waals surface area contributed by atoms with Crippen molar-refractivity contribution in [1.29, 1.82) is 0 Å². The first kappa shape index (κ1) is 20.9. The number of methoxy groups -OCH3 is 2. The van der Waals surface area contributed by atoms with E-state index in [0.29, 0.717) is 25.1 Å². The summed E-state index contributed by atoms with van der Waals surface area (Å²) in [5.41, 5.74) is 0. The van der Waals surface area contributed by atoms with Crippen LogP contribution in [0.15, 0.2) is 29.2 Å². The summed E-state index contributed by atoms with van der Waals surface area (Å²) in [6.07, 6.45) is 1.46. The van der Waals surface area contributed by atoms with Crippen LogP contribution in [-0.2, 0) is 24.3 Å². The van der Waals surface area contributed by atoms with E-state index in [4.69, 9.17) is 4.74 Å². The summed E-state index contributed by atoms with van der Waals surface area (Å²) >= 11 is 0. The number of unbranched alkanes of at least 4 members (excludes halogenated alkanes) is 1. The number of nitrogens with one attached hydrogen (secondary N) is 2. The third kappa shape index (κ3) is 7.10. The minimum Gasteiger partial charge on any atom is -0.497 e. The number of sulfonamides is 1. The molecule has 0 spiro atoms. The molecule has 25 heavy (non-hydrogen) atoms. The molecule has 0 saturated carbocycles. The summed E-state index contributed by atoms with van der Waals surface area (Å²) in [6, 6.07) is 4.94. The minimum atomic E-state index is -3.81. The molecule has 1 amide bonds. The van der Waals surface area contributed by atoms with Crippen molar-refractivity contribution in [3.63, 3.8) is 0 Å². The first-order valence-corrected chi connectivity index (χ1v) is 9.29. The van der Waals surface area contributed by atoms with Gasteiger partial charge in [0.25, 0.3) is 0 Å². The molecule has 1 aromatic rings. The van der Waals surface area contributed by atoms with Crippen LogP contribution in [0.4, 0.5) is 0 Å². The number of ether oxygens (including phenoxy) is 2. The Labute approximate surface area is 147 Å². The first-order valence-electron chi connectivity index (χ1n) is 7.81. The van der Waals surface area contributed by atoms with E-state index in [1.165, 1.54) is 45.4 Å². The Kier molecular flexibility index (Phi) is 8.36. The average molecular weight is 372 g/mol. The monoisotopic (exact) mass is 372 g/mol. The van der Waals surface area contributed by atoms with Crippen molar-refractivity contribution < 1.29 is 27.5 Å². The third-order valence-electron chi connectivity index (χ3n) is 3.43. The van der Waals surface area contributed by atoms with Crippen molar-refractivity contribution in [2.75, 3.05) is 20.8 Å². The summed E-state index contributed by atoms with van der Waals surface area (Å²) in [5, 5.41) is 2.63. The highest BCUT2D eigenvalue weighted by molar-refractivity contribution is 7.89. The Hall–Kier alpha value is -2.13. The molecule has 8 nitrogen and oxygen atoms in total. The average Bonchev–Trinajstić information content (AvgIpc) is 2.60. The van der Waals surface area contributed by atoms with Crippen molar-refractivity contribution in [2.24, 2.45) is 0 Å². The fourth-order valence-electron chi connectivity index (χ4n) is 1.97. The number of rotatable bonds is 10. The lowest BCUT2D eigenvalue weighted by Crippen LogP contribution is -2.44. The van der Waals surface area contributed by atoms with Gasteiger partial charge in [-0.15, -0.1) is 0 Å². The van der Waals surface area contributed by atoms with Crippen LogP contribution >= 0.6 is 0 Å². The number of hydrogen-bond acceptors (Lipinski definition) is 6. The lowest BCUT2D eigenvalue weighted by atomic mass is 10.2. The fourth-order valence-corrected chi connectivity index (χ4v) is 3.17. The second-order valence-corrected chi connectivity index (χ2v) is 7.06. The number of esters is 1. The molecule has 0 aromatic heterocycles. The lowest BCUT2D eigenvalue weighted by molar-refractivity contribution is -0.140. The molecule has 0 aliphatic heterocycles. The zero-order valence-corrected chi connectivity index (χ0v) is 15.4.